The van der Waals surface area contributed by atoms with Gasteiger partial charge in [0.2, 0.25) is 10.0 Å². The molecule has 4 nitrogen and oxygen atoms in total. The minimum atomic E-state index is -4.50. The number of sulfonamides is 1. The summed E-state index contributed by atoms with van der Waals surface area (Å²) in [5.41, 5.74) is 0.425. The summed E-state index contributed by atoms with van der Waals surface area (Å²) >= 11 is 0. The summed E-state index contributed by atoms with van der Waals surface area (Å²) in [4.78, 5) is 0.0651. The number of alkyl halides is 3. The Morgan fingerprint density at radius 1 is 0.900 bits per heavy atom. The highest BCUT2D eigenvalue weighted by Crippen LogP contribution is 2.39. The number of nitrogens with one attached hydrogen (secondary N) is 1. The maximum atomic E-state index is 13.3. The minimum Gasteiger partial charge on any atom is -0.364 e. The summed E-state index contributed by atoms with van der Waals surface area (Å²) in [6.07, 6.45) is -5.43. The number of halogens is 4. The SMILES string of the molecule is O=S1(=O)c2ccccc2N[C@@H](c2ccc(C(F)(F)F)cc2)N1Cc1ccc(F)cc1. The van der Waals surface area contributed by atoms with Crippen molar-refractivity contribution in [3.8, 4) is 0 Å². The van der Waals surface area contributed by atoms with Crippen molar-refractivity contribution in [1.29, 1.82) is 0 Å². The average molecular weight is 436 g/mol. The van der Waals surface area contributed by atoms with Crippen LogP contribution in [0.4, 0.5) is 23.2 Å². The van der Waals surface area contributed by atoms with Gasteiger partial charge >= 0.3 is 6.18 Å². The standard InChI is InChI=1S/C21H16F4N2O2S/c22-17-11-5-14(6-12-17)13-27-20(15-7-9-16(10-8-15)21(23,24)25)26-18-3-1-2-4-19(18)30(27,28)29/h1-12,20,26H,13H2/t20-/m1/s1. The molecular weight excluding hydrogens is 420 g/mol. The largest absolute Gasteiger partial charge is 0.416 e. The number of hydrogen-bond acceptors (Lipinski definition) is 3. The van der Waals surface area contributed by atoms with Crippen molar-refractivity contribution in [2.24, 2.45) is 0 Å². The van der Waals surface area contributed by atoms with Gasteiger partial charge in [-0.1, -0.05) is 36.4 Å². The molecule has 0 amide bonds. The molecule has 0 fully saturated rings. The highest BCUT2D eigenvalue weighted by atomic mass is 32.2. The van der Waals surface area contributed by atoms with Crippen LogP contribution in [0.15, 0.2) is 77.7 Å². The van der Waals surface area contributed by atoms with E-state index in [0.29, 0.717) is 16.8 Å². The van der Waals surface area contributed by atoms with Gasteiger partial charge in [0.1, 0.15) is 16.9 Å². The fourth-order valence-corrected chi connectivity index (χ4v) is 5.02. The number of hydrogen-bond donors (Lipinski definition) is 1. The molecule has 0 unspecified atom stereocenters. The summed E-state index contributed by atoms with van der Waals surface area (Å²) in [5, 5.41) is 3.10. The summed E-state index contributed by atoms with van der Waals surface area (Å²) in [6, 6.07) is 16.0. The monoisotopic (exact) mass is 436 g/mol. The summed E-state index contributed by atoms with van der Waals surface area (Å²) in [5.74, 6) is -0.456. The maximum Gasteiger partial charge on any atom is 0.416 e. The van der Waals surface area contributed by atoms with Gasteiger partial charge in [0, 0.05) is 6.54 Å². The van der Waals surface area contributed by atoms with Crippen molar-refractivity contribution in [3.63, 3.8) is 0 Å². The normalized spacial score (nSPS) is 18.5. The number of anilines is 1. The third-order valence-corrected chi connectivity index (χ3v) is 6.73. The lowest BCUT2D eigenvalue weighted by molar-refractivity contribution is -0.137. The van der Waals surface area contributed by atoms with E-state index in [4.69, 9.17) is 0 Å². The van der Waals surface area contributed by atoms with Crippen LogP contribution >= 0.6 is 0 Å². The highest BCUT2D eigenvalue weighted by molar-refractivity contribution is 7.89. The molecule has 0 saturated carbocycles. The molecule has 156 valence electrons. The second-order valence-corrected chi connectivity index (χ2v) is 8.70. The minimum absolute atomic E-state index is 0.0651. The van der Waals surface area contributed by atoms with Crippen LogP contribution in [0, 0.1) is 5.82 Å². The molecule has 4 rings (SSSR count). The molecule has 3 aromatic rings. The zero-order valence-electron chi connectivity index (χ0n) is 15.4. The lowest BCUT2D eigenvalue weighted by atomic mass is 10.1. The van der Waals surface area contributed by atoms with Gasteiger partial charge in [-0.15, -0.1) is 0 Å². The van der Waals surface area contributed by atoms with E-state index in [-0.39, 0.29) is 11.4 Å². The van der Waals surface area contributed by atoms with Crippen LogP contribution in [0.5, 0.6) is 0 Å². The molecule has 0 saturated heterocycles. The number of para-hydroxylation sites is 1. The van der Waals surface area contributed by atoms with E-state index in [2.05, 4.69) is 5.32 Å². The average Bonchev–Trinajstić information content (AvgIpc) is 2.71. The van der Waals surface area contributed by atoms with E-state index in [1.165, 1.54) is 42.5 Å². The van der Waals surface area contributed by atoms with Crippen molar-refractivity contribution in [3.05, 3.63) is 95.3 Å². The topological polar surface area (TPSA) is 49.4 Å². The Bertz CT molecular complexity index is 1160. The Balaban J connectivity index is 1.78. The predicted octanol–water partition coefficient (Wildman–Crippen LogP) is 5.16. The van der Waals surface area contributed by atoms with E-state index < -0.39 is 33.7 Å². The van der Waals surface area contributed by atoms with Crippen molar-refractivity contribution in [2.75, 3.05) is 5.32 Å². The lowest BCUT2D eigenvalue weighted by Crippen LogP contribution is -2.42. The maximum absolute atomic E-state index is 13.3. The lowest BCUT2D eigenvalue weighted by Gasteiger charge is -2.37. The Morgan fingerprint density at radius 3 is 2.17 bits per heavy atom. The van der Waals surface area contributed by atoms with Gasteiger partial charge in [-0.25, -0.2) is 12.8 Å². The van der Waals surface area contributed by atoms with Gasteiger partial charge in [-0.05, 0) is 47.5 Å². The molecule has 0 bridgehead atoms. The molecule has 1 heterocycles. The molecule has 0 spiro atoms. The molecule has 0 aliphatic carbocycles. The second-order valence-electron chi connectivity index (χ2n) is 6.84. The molecule has 1 aliphatic heterocycles. The summed E-state index contributed by atoms with van der Waals surface area (Å²) in [7, 11) is -3.97. The molecule has 0 radical (unpaired) electrons. The second kappa shape index (κ2) is 7.41. The quantitative estimate of drug-likeness (QED) is 0.577. The van der Waals surface area contributed by atoms with Gasteiger partial charge in [0.05, 0.1) is 11.3 Å². The van der Waals surface area contributed by atoms with Crippen molar-refractivity contribution < 1.29 is 26.0 Å². The smallest absolute Gasteiger partial charge is 0.364 e. The Labute approximate surface area is 170 Å². The van der Waals surface area contributed by atoms with Gasteiger partial charge in [-0.2, -0.15) is 17.5 Å². The molecule has 1 atom stereocenters. The van der Waals surface area contributed by atoms with E-state index in [9.17, 15) is 26.0 Å². The van der Waals surface area contributed by atoms with Crippen LogP contribution in [0.25, 0.3) is 0 Å². The first-order valence-electron chi connectivity index (χ1n) is 8.95. The Kier molecular flexibility index (Phi) is 5.03. The fraction of sp³-hybridized carbons (Fsp3) is 0.143. The van der Waals surface area contributed by atoms with Crippen molar-refractivity contribution >= 4 is 15.7 Å². The molecular formula is C21H16F4N2O2S. The van der Waals surface area contributed by atoms with Crippen molar-refractivity contribution in [1.82, 2.24) is 4.31 Å². The zero-order chi connectivity index (χ0) is 21.5. The van der Waals surface area contributed by atoms with Crippen LogP contribution in [0.1, 0.15) is 22.9 Å². The van der Waals surface area contributed by atoms with Crippen molar-refractivity contribution in [2.45, 2.75) is 23.8 Å². The molecule has 1 N–H and O–H groups in total. The van der Waals surface area contributed by atoms with E-state index in [1.807, 2.05) is 0 Å². The number of benzene rings is 3. The number of nitrogens with zero attached hydrogens (tertiary/aromatic N) is 1. The van der Waals surface area contributed by atoms with Crippen LogP contribution in [-0.4, -0.2) is 12.7 Å². The molecule has 9 heteroatoms. The van der Waals surface area contributed by atoms with E-state index in [0.717, 1.165) is 16.4 Å². The molecule has 30 heavy (non-hydrogen) atoms. The van der Waals surface area contributed by atoms with Crippen LogP contribution in [0.2, 0.25) is 0 Å². The van der Waals surface area contributed by atoms with Crippen LogP contribution in [0.3, 0.4) is 0 Å². The first-order chi connectivity index (χ1) is 14.2. The number of rotatable bonds is 3. The zero-order valence-corrected chi connectivity index (χ0v) is 16.2. The van der Waals surface area contributed by atoms with Gasteiger partial charge < -0.3 is 5.32 Å². The molecule has 3 aromatic carbocycles. The first-order valence-corrected chi connectivity index (χ1v) is 10.4. The predicted molar refractivity (Wildman–Crippen MR) is 103 cm³/mol. The first kappa shape index (κ1) is 20.4. The van der Waals surface area contributed by atoms with Gasteiger partial charge in [0.25, 0.3) is 0 Å². The molecule has 1 aliphatic rings. The van der Waals surface area contributed by atoms with Gasteiger partial charge in [0.15, 0.2) is 0 Å². The fourth-order valence-electron chi connectivity index (χ4n) is 3.35. The molecule has 0 aromatic heterocycles. The summed E-state index contributed by atoms with van der Waals surface area (Å²) in [6.45, 7) is -0.0877. The third kappa shape index (κ3) is 3.78. The van der Waals surface area contributed by atoms with Crippen LogP contribution in [-0.2, 0) is 22.7 Å². The third-order valence-electron chi connectivity index (χ3n) is 4.86. The number of fused-ring (bicyclic) bond motifs is 1. The van der Waals surface area contributed by atoms with Crippen LogP contribution < -0.4 is 5.32 Å². The Morgan fingerprint density at radius 2 is 1.53 bits per heavy atom. The highest BCUT2D eigenvalue weighted by Gasteiger charge is 2.39. The van der Waals surface area contributed by atoms with Gasteiger partial charge in [-0.3, -0.25) is 0 Å². The Hall–Kier alpha value is -2.91. The van der Waals surface area contributed by atoms with E-state index >= 15 is 0 Å². The summed E-state index contributed by atoms with van der Waals surface area (Å²) < 4.78 is 79.8. The van der Waals surface area contributed by atoms with E-state index in [1.54, 1.807) is 18.2 Å².